The Morgan fingerprint density at radius 1 is 1.50 bits per heavy atom. The van der Waals surface area contributed by atoms with Gasteiger partial charge < -0.3 is 5.32 Å². The van der Waals surface area contributed by atoms with Gasteiger partial charge in [0.05, 0.1) is 6.07 Å². The molecule has 1 aromatic carbocycles. The summed E-state index contributed by atoms with van der Waals surface area (Å²) in [6.45, 7) is 0. The molecule has 0 saturated carbocycles. The van der Waals surface area contributed by atoms with Crippen molar-refractivity contribution in [3.05, 3.63) is 35.6 Å². The number of nitrogens with zero attached hydrogens (tertiary/aromatic N) is 1. The topological polar surface area (TPSA) is 35.8 Å². The molecule has 12 heavy (non-hydrogen) atoms. The summed E-state index contributed by atoms with van der Waals surface area (Å²) < 4.78 is 13.0. The zero-order valence-corrected chi connectivity index (χ0v) is 6.71. The summed E-state index contributed by atoms with van der Waals surface area (Å²) >= 11 is 0. The van der Waals surface area contributed by atoms with Gasteiger partial charge in [0.1, 0.15) is 11.9 Å². The Hall–Kier alpha value is -1.40. The van der Waals surface area contributed by atoms with Crippen LogP contribution in [0.5, 0.6) is 0 Å². The molecule has 0 aliphatic heterocycles. The molecular formula is C9H9FN2. The van der Waals surface area contributed by atoms with Gasteiger partial charge >= 0.3 is 0 Å². The highest BCUT2D eigenvalue weighted by Gasteiger charge is 2.10. The molecule has 2 nitrogen and oxygen atoms in total. The number of nitriles is 1. The first-order chi connectivity index (χ1) is 5.79. The largest absolute Gasteiger partial charge is 0.301 e. The molecular weight excluding hydrogens is 155 g/mol. The van der Waals surface area contributed by atoms with E-state index >= 15 is 0 Å². The van der Waals surface area contributed by atoms with Gasteiger partial charge in [-0.15, -0.1) is 0 Å². The van der Waals surface area contributed by atoms with Crippen LogP contribution in [0.3, 0.4) is 0 Å². The monoisotopic (exact) mass is 164 g/mol. The zero-order chi connectivity index (χ0) is 8.97. The van der Waals surface area contributed by atoms with E-state index in [-0.39, 0.29) is 5.82 Å². The smallest absolute Gasteiger partial charge is 0.129 e. The summed E-state index contributed by atoms with van der Waals surface area (Å²) in [5.41, 5.74) is 0.391. The van der Waals surface area contributed by atoms with Crippen LogP contribution >= 0.6 is 0 Å². The Morgan fingerprint density at radius 2 is 2.17 bits per heavy atom. The minimum absolute atomic E-state index is 0.349. The lowest BCUT2D eigenvalue weighted by atomic mass is 10.1. The van der Waals surface area contributed by atoms with E-state index in [0.29, 0.717) is 5.56 Å². The molecule has 3 heteroatoms. The summed E-state index contributed by atoms with van der Waals surface area (Å²) in [5.74, 6) is -0.349. The molecule has 0 aromatic heterocycles. The highest BCUT2D eigenvalue weighted by Crippen LogP contribution is 2.14. The molecule has 62 valence electrons. The summed E-state index contributed by atoms with van der Waals surface area (Å²) in [7, 11) is 1.63. The van der Waals surface area contributed by atoms with Crippen molar-refractivity contribution < 1.29 is 4.39 Å². The van der Waals surface area contributed by atoms with E-state index in [2.05, 4.69) is 5.32 Å². The fourth-order valence-corrected chi connectivity index (χ4v) is 0.999. The van der Waals surface area contributed by atoms with E-state index in [0.717, 1.165) is 0 Å². The molecule has 0 heterocycles. The molecule has 0 amide bonds. The summed E-state index contributed by atoms with van der Waals surface area (Å²) in [6, 6.07) is 7.64. The van der Waals surface area contributed by atoms with Crippen LogP contribution in [0.2, 0.25) is 0 Å². The lowest BCUT2D eigenvalue weighted by Crippen LogP contribution is -2.15. The van der Waals surface area contributed by atoms with Crippen LogP contribution in [0.15, 0.2) is 24.3 Å². The Bertz CT molecular complexity index is 304. The van der Waals surface area contributed by atoms with Crippen LogP contribution in [-0.2, 0) is 0 Å². The normalized spacial score (nSPS) is 12.1. The third kappa shape index (κ3) is 1.60. The molecule has 0 saturated heterocycles. The third-order valence-corrected chi connectivity index (χ3v) is 1.63. The van der Waals surface area contributed by atoms with Crippen LogP contribution in [-0.4, -0.2) is 7.05 Å². The predicted molar refractivity (Wildman–Crippen MR) is 43.8 cm³/mol. The van der Waals surface area contributed by atoms with Gasteiger partial charge in [0.2, 0.25) is 0 Å². The highest BCUT2D eigenvalue weighted by molar-refractivity contribution is 5.25. The summed E-state index contributed by atoms with van der Waals surface area (Å²) in [6.07, 6.45) is 0. The fourth-order valence-electron chi connectivity index (χ4n) is 0.999. The standard InChI is InChI=1S/C9H9FN2/c1-12-9(6-11)7-4-2-3-5-8(7)10/h2-5,9,12H,1H3/t9-/m0/s1. The van der Waals surface area contributed by atoms with Crippen molar-refractivity contribution >= 4 is 0 Å². The Balaban J connectivity index is 3.02. The van der Waals surface area contributed by atoms with E-state index < -0.39 is 6.04 Å². The first-order valence-corrected chi connectivity index (χ1v) is 3.61. The van der Waals surface area contributed by atoms with Crippen LogP contribution < -0.4 is 5.32 Å². The number of hydrogen-bond acceptors (Lipinski definition) is 2. The first-order valence-electron chi connectivity index (χ1n) is 3.61. The maximum absolute atomic E-state index is 13.0. The SMILES string of the molecule is CN[C@@H](C#N)c1ccccc1F. The average Bonchev–Trinajstić information content (AvgIpc) is 2.10. The summed E-state index contributed by atoms with van der Waals surface area (Å²) in [4.78, 5) is 0. The molecule has 0 unspecified atom stereocenters. The third-order valence-electron chi connectivity index (χ3n) is 1.63. The quantitative estimate of drug-likeness (QED) is 0.720. The van der Waals surface area contributed by atoms with Crippen molar-refractivity contribution in [2.24, 2.45) is 0 Å². The van der Waals surface area contributed by atoms with Crippen LogP contribution in [0.1, 0.15) is 11.6 Å². The molecule has 0 aliphatic rings. The van der Waals surface area contributed by atoms with Crippen LogP contribution in [0.25, 0.3) is 0 Å². The maximum Gasteiger partial charge on any atom is 0.129 e. The average molecular weight is 164 g/mol. The Labute approximate surface area is 70.6 Å². The van der Waals surface area contributed by atoms with Crippen molar-refractivity contribution in [1.29, 1.82) is 5.26 Å². The zero-order valence-electron chi connectivity index (χ0n) is 6.71. The lowest BCUT2D eigenvalue weighted by molar-refractivity contribution is 0.585. The van der Waals surface area contributed by atoms with Crippen LogP contribution in [0, 0.1) is 17.1 Å². The number of rotatable bonds is 2. The van der Waals surface area contributed by atoms with Crippen molar-refractivity contribution in [2.75, 3.05) is 7.05 Å². The molecule has 0 radical (unpaired) electrons. The van der Waals surface area contributed by atoms with E-state index in [9.17, 15) is 4.39 Å². The van der Waals surface area contributed by atoms with Gasteiger partial charge in [-0.05, 0) is 13.1 Å². The maximum atomic E-state index is 13.0. The van der Waals surface area contributed by atoms with Crippen LogP contribution in [0.4, 0.5) is 4.39 Å². The van der Waals surface area contributed by atoms with E-state index in [1.165, 1.54) is 6.07 Å². The molecule has 0 spiro atoms. The molecule has 0 aliphatic carbocycles. The molecule has 1 N–H and O–H groups in total. The molecule has 1 atom stereocenters. The number of nitrogens with one attached hydrogen (secondary N) is 1. The van der Waals surface area contributed by atoms with Crippen molar-refractivity contribution in [3.8, 4) is 6.07 Å². The van der Waals surface area contributed by atoms with E-state index in [1.54, 1.807) is 25.2 Å². The molecule has 1 aromatic rings. The van der Waals surface area contributed by atoms with E-state index in [1.807, 2.05) is 6.07 Å². The van der Waals surface area contributed by atoms with Gasteiger partial charge in [0, 0.05) is 5.56 Å². The second-order valence-electron chi connectivity index (χ2n) is 2.37. The van der Waals surface area contributed by atoms with Gasteiger partial charge in [-0.25, -0.2) is 4.39 Å². The molecule has 0 fully saturated rings. The minimum Gasteiger partial charge on any atom is -0.301 e. The Kier molecular flexibility index (Phi) is 2.78. The lowest BCUT2D eigenvalue weighted by Gasteiger charge is -2.07. The fraction of sp³-hybridized carbons (Fsp3) is 0.222. The Morgan fingerprint density at radius 3 is 2.67 bits per heavy atom. The van der Waals surface area contributed by atoms with E-state index in [4.69, 9.17) is 5.26 Å². The van der Waals surface area contributed by atoms with Gasteiger partial charge in [-0.2, -0.15) is 5.26 Å². The van der Waals surface area contributed by atoms with Gasteiger partial charge in [0.25, 0.3) is 0 Å². The predicted octanol–water partition coefficient (Wildman–Crippen LogP) is 1.61. The highest BCUT2D eigenvalue weighted by atomic mass is 19.1. The second-order valence-corrected chi connectivity index (χ2v) is 2.37. The second kappa shape index (κ2) is 3.84. The number of benzene rings is 1. The van der Waals surface area contributed by atoms with Gasteiger partial charge in [0.15, 0.2) is 0 Å². The minimum atomic E-state index is -0.564. The number of hydrogen-bond donors (Lipinski definition) is 1. The molecule has 0 bridgehead atoms. The van der Waals surface area contributed by atoms with Crippen molar-refractivity contribution in [1.82, 2.24) is 5.32 Å². The van der Waals surface area contributed by atoms with Crippen molar-refractivity contribution in [2.45, 2.75) is 6.04 Å². The van der Waals surface area contributed by atoms with Gasteiger partial charge in [-0.3, -0.25) is 0 Å². The number of halogens is 1. The summed E-state index contributed by atoms with van der Waals surface area (Å²) in [5, 5.41) is 11.3. The van der Waals surface area contributed by atoms with Crippen molar-refractivity contribution in [3.63, 3.8) is 0 Å². The van der Waals surface area contributed by atoms with Gasteiger partial charge in [-0.1, -0.05) is 18.2 Å². The first kappa shape index (κ1) is 8.69. The molecule has 1 rings (SSSR count).